The summed E-state index contributed by atoms with van der Waals surface area (Å²) in [6.45, 7) is 0. The van der Waals surface area contributed by atoms with Crippen molar-refractivity contribution in [3.05, 3.63) is 30.6 Å². The molecule has 84 valence electrons. The van der Waals surface area contributed by atoms with Crippen LogP contribution >= 0.6 is 11.8 Å². The molecule has 0 bridgehead atoms. The van der Waals surface area contributed by atoms with Crippen LogP contribution in [0.25, 0.3) is 10.8 Å². The third-order valence-electron chi connectivity index (χ3n) is 2.34. The average molecular weight is 252 g/mol. The Morgan fingerprint density at radius 2 is 2.19 bits per heavy atom. The van der Waals surface area contributed by atoms with Crippen LogP contribution in [0.15, 0.2) is 40.4 Å². The van der Waals surface area contributed by atoms with Crippen molar-refractivity contribution in [3.63, 3.8) is 0 Å². The molecule has 1 aromatic heterocycles. The smallest absolute Gasteiger partial charge is 0.0703 e. The summed E-state index contributed by atoms with van der Waals surface area (Å²) in [5, 5.41) is 1.79. The van der Waals surface area contributed by atoms with E-state index in [4.69, 9.17) is 4.78 Å². The SMILES string of the molecule is CSc1cc(S(C)(=N)=O)c2ccncc2c1. The maximum absolute atomic E-state index is 11.9. The minimum Gasteiger partial charge on any atom is -0.264 e. The fourth-order valence-corrected chi connectivity index (χ4v) is 3.10. The first kappa shape index (κ1) is 11.4. The van der Waals surface area contributed by atoms with Gasteiger partial charge in [-0.05, 0) is 24.5 Å². The van der Waals surface area contributed by atoms with Gasteiger partial charge < -0.3 is 0 Å². The van der Waals surface area contributed by atoms with E-state index in [0.29, 0.717) is 4.90 Å². The Kier molecular flexibility index (Phi) is 2.90. The predicted molar refractivity (Wildman–Crippen MR) is 68.6 cm³/mol. The lowest BCUT2D eigenvalue weighted by molar-refractivity contribution is 0.679. The van der Waals surface area contributed by atoms with Gasteiger partial charge in [0.2, 0.25) is 0 Å². The molecule has 2 rings (SSSR count). The molecule has 0 amide bonds. The Labute approximate surface area is 99.3 Å². The number of hydrogen-bond acceptors (Lipinski definition) is 4. The number of pyridine rings is 1. The number of nitrogens with zero attached hydrogens (tertiary/aromatic N) is 1. The van der Waals surface area contributed by atoms with E-state index in [1.165, 1.54) is 6.26 Å². The van der Waals surface area contributed by atoms with E-state index in [0.717, 1.165) is 15.7 Å². The molecule has 0 saturated carbocycles. The largest absolute Gasteiger partial charge is 0.264 e. The van der Waals surface area contributed by atoms with Gasteiger partial charge >= 0.3 is 0 Å². The summed E-state index contributed by atoms with van der Waals surface area (Å²) in [6, 6.07) is 5.65. The van der Waals surface area contributed by atoms with Gasteiger partial charge in [0.05, 0.1) is 14.6 Å². The van der Waals surface area contributed by atoms with Crippen molar-refractivity contribution in [2.75, 3.05) is 12.5 Å². The molecule has 1 N–H and O–H groups in total. The third kappa shape index (κ3) is 2.05. The van der Waals surface area contributed by atoms with E-state index in [-0.39, 0.29) is 0 Å². The predicted octanol–water partition coefficient (Wildman–Crippen LogP) is 2.99. The Morgan fingerprint density at radius 1 is 1.44 bits per heavy atom. The molecule has 3 nitrogen and oxygen atoms in total. The molecule has 1 aromatic carbocycles. The second-order valence-electron chi connectivity index (χ2n) is 3.57. The van der Waals surface area contributed by atoms with Gasteiger partial charge in [-0.2, -0.15) is 0 Å². The molecular formula is C11H12N2OS2. The molecule has 0 radical (unpaired) electrons. The summed E-state index contributed by atoms with van der Waals surface area (Å²) in [6.07, 6.45) is 6.81. The first-order chi connectivity index (χ1) is 7.52. The number of rotatable bonds is 2. The number of nitrogens with one attached hydrogen (secondary N) is 1. The Morgan fingerprint density at radius 3 is 2.81 bits per heavy atom. The fourth-order valence-electron chi connectivity index (χ4n) is 1.59. The lowest BCUT2D eigenvalue weighted by Crippen LogP contribution is -1.97. The van der Waals surface area contributed by atoms with Crippen LogP contribution in [0.5, 0.6) is 0 Å². The minimum atomic E-state index is -2.70. The number of hydrogen-bond donors (Lipinski definition) is 1. The van der Waals surface area contributed by atoms with E-state index in [2.05, 4.69) is 4.98 Å². The van der Waals surface area contributed by atoms with Crippen LogP contribution in [-0.2, 0) is 9.73 Å². The van der Waals surface area contributed by atoms with Crippen LogP contribution in [0.1, 0.15) is 0 Å². The number of benzene rings is 1. The highest BCUT2D eigenvalue weighted by Gasteiger charge is 2.10. The monoisotopic (exact) mass is 252 g/mol. The number of thioether (sulfide) groups is 1. The molecule has 0 saturated heterocycles. The van der Waals surface area contributed by atoms with E-state index < -0.39 is 9.73 Å². The summed E-state index contributed by atoms with van der Waals surface area (Å²) in [4.78, 5) is 5.65. The summed E-state index contributed by atoms with van der Waals surface area (Å²) >= 11 is 1.58. The molecule has 1 heterocycles. The fraction of sp³-hybridized carbons (Fsp3) is 0.182. The minimum absolute atomic E-state index is 0.594. The lowest BCUT2D eigenvalue weighted by Gasteiger charge is -2.08. The lowest BCUT2D eigenvalue weighted by atomic mass is 10.2. The summed E-state index contributed by atoms with van der Waals surface area (Å²) in [7, 11) is -2.70. The highest BCUT2D eigenvalue weighted by molar-refractivity contribution is 7.98. The average Bonchev–Trinajstić information content (AvgIpc) is 2.26. The zero-order chi connectivity index (χ0) is 11.8. The molecule has 0 spiro atoms. The second-order valence-corrected chi connectivity index (χ2v) is 6.57. The molecular weight excluding hydrogens is 240 g/mol. The van der Waals surface area contributed by atoms with Crippen molar-refractivity contribution in [2.24, 2.45) is 0 Å². The van der Waals surface area contributed by atoms with E-state index in [1.54, 1.807) is 24.2 Å². The van der Waals surface area contributed by atoms with E-state index in [9.17, 15) is 4.21 Å². The van der Waals surface area contributed by atoms with Crippen molar-refractivity contribution in [1.29, 1.82) is 4.78 Å². The summed E-state index contributed by atoms with van der Waals surface area (Å²) < 4.78 is 19.6. The highest BCUT2D eigenvalue weighted by Crippen LogP contribution is 2.28. The van der Waals surface area contributed by atoms with Crippen LogP contribution in [0.4, 0.5) is 0 Å². The zero-order valence-corrected chi connectivity index (χ0v) is 10.7. The molecule has 2 aromatic rings. The second kappa shape index (κ2) is 4.07. The third-order valence-corrected chi connectivity index (χ3v) is 4.23. The van der Waals surface area contributed by atoms with Crippen molar-refractivity contribution in [2.45, 2.75) is 9.79 Å². The van der Waals surface area contributed by atoms with Gasteiger partial charge in [0.1, 0.15) is 0 Å². The molecule has 0 fully saturated rings. The van der Waals surface area contributed by atoms with Crippen molar-refractivity contribution in [1.82, 2.24) is 4.98 Å². The van der Waals surface area contributed by atoms with Crippen molar-refractivity contribution < 1.29 is 4.21 Å². The Hall–Kier alpha value is -1.07. The van der Waals surface area contributed by atoms with Gasteiger partial charge in [-0.1, -0.05) is 0 Å². The maximum Gasteiger partial charge on any atom is 0.0703 e. The van der Waals surface area contributed by atoms with Crippen LogP contribution in [0.3, 0.4) is 0 Å². The molecule has 5 heteroatoms. The summed E-state index contributed by atoms with van der Waals surface area (Å²) in [5.41, 5.74) is 0. The normalized spacial score (nSPS) is 14.9. The van der Waals surface area contributed by atoms with Gasteiger partial charge in [0.15, 0.2) is 0 Å². The summed E-state index contributed by atoms with van der Waals surface area (Å²) in [5.74, 6) is 0. The first-order valence-corrected chi connectivity index (χ1v) is 7.87. The van der Waals surface area contributed by atoms with Crippen LogP contribution < -0.4 is 0 Å². The van der Waals surface area contributed by atoms with Crippen LogP contribution in [0, 0.1) is 4.78 Å². The van der Waals surface area contributed by atoms with Gasteiger partial charge in [0.25, 0.3) is 0 Å². The van der Waals surface area contributed by atoms with Crippen molar-refractivity contribution >= 4 is 32.3 Å². The van der Waals surface area contributed by atoms with Gasteiger partial charge in [-0.15, -0.1) is 11.8 Å². The molecule has 0 aliphatic carbocycles. The van der Waals surface area contributed by atoms with Gasteiger partial charge in [-0.3, -0.25) is 4.98 Å². The number of aromatic nitrogens is 1. The molecule has 0 aliphatic heterocycles. The van der Waals surface area contributed by atoms with E-state index in [1.807, 2.05) is 24.5 Å². The van der Waals surface area contributed by atoms with Crippen LogP contribution in [0.2, 0.25) is 0 Å². The molecule has 16 heavy (non-hydrogen) atoms. The zero-order valence-electron chi connectivity index (χ0n) is 9.06. The maximum atomic E-state index is 11.9. The topological polar surface area (TPSA) is 53.8 Å². The quantitative estimate of drug-likeness (QED) is 0.836. The molecule has 1 unspecified atom stereocenters. The Balaban J connectivity index is 2.90. The highest BCUT2D eigenvalue weighted by atomic mass is 32.2. The molecule has 0 aliphatic rings. The van der Waals surface area contributed by atoms with Gasteiger partial charge in [-0.25, -0.2) is 8.99 Å². The van der Waals surface area contributed by atoms with Crippen molar-refractivity contribution in [3.8, 4) is 0 Å². The van der Waals surface area contributed by atoms with Crippen LogP contribution in [-0.4, -0.2) is 21.7 Å². The first-order valence-electron chi connectivity index (χ1n) is 4.68. The van der Waals surface area contributed by atoms with Gasteiger partial charge in [0, 0.05) is 34.3 Å². The standard InChI is InChI=1S/C11H12N2OS2/c1-15-9-5-8-7-13-4-3-10(8)11(6-9)16(2,12)14/h3-7,12H,1-2H3. The Bertz CT molecular complexity index is 635. The number of fused-ring (bicyclic) bond motifs is 1. The molecule has 1 atom stereocenters. The van der Waals surface area contributed by atoms with E-state index >= 15 is 0 Å².